The molecule has 0 atom stereocenters. The minimum atomic E-state index is -0.500. The zero-order valence-corrected chi connectivity index (χ0v) is 12.4. The Labute approximate surface area is 122 Å². The smallest absolute Gasteiger partial charge is 0.145 e. The molecule has 0 unspecified atom stereocenters. The van der Waals surface area contributed by atoms with Gasteiger partial charge in [-0.15, -0.1) is 11.3 Å². The zero-order chi connectivity index (χ0) is 13.1. The number of thiophene rings is 1. The van der Waals surface area contributed by atoms with E-state index in [1.54, 1.807) is 12.1 Å². The van der Waals surface area contributed by atoms with Gasteiger partial charge in [-0.3, -0.25) is 4.79 Å². The van der Waals surface area contributed by atoms with Crippen molar-refractivity contribution in [1.29, 1.82) is 0 Å². The number of carbonyl (C=O) groups is 1. The minimum absolute atomic E-state index is 0.0227. The van der Waals surface area contributed by atoms with E-state index in [4.69, 9.17) is 11.6 Å². The third-order valence-electron chi connectivity index (χ3n) is 2.41. The Kier molecular flexibility index (Phi) is 4.54. The van der Waals surface area contributed by atoms with Crippen molar-refractivity contribution >= 4 is 44.7 Å². The fourth-order valence-corrected chi connectivity index (χ4v) is 3.27. The molecule has 0 aliphatic heterocycles. The molecule has 5 heteroatoms. The Hall–Kier alpha value is -0.710. The van der Waals surface area contributed by atoms with E-state index in [-0.39, 0.29) is 17.2 Å². The molecular formula is C13H9BrClFOS. The van der Waals surface area contributed by atoms with Crippen LogP contribution in [0.3, 0.4) is 0 Å². The number of hydrogen-bond acceptors (Lipinski definition) is 2. The topological polar surface area (TPSA) is 17.1 Å². The first-order valence-corrected chi connectivity index (χ1v) is 7.29. The van der Waals surface area contributed by atoms with Crippen LogP contribution >= 0.6 is 38.9 Å². The van der Waals surface area contributed by atoms with Gasteiger partial charge in [-0.05, 0) is 33.6 Å². The molecule has 18 heavy (non-hydrogen) atoms. The Morgan fingerprint density at radius 1 is 1.39 bits per heavy atom. The molecule has 0 radical (unpaired) electrons. The van der Waals surface area contributed by atoms with Gasteiger partial charge in [0.1, 0.15) is 11.6 Å². The standard InChI is InChI=1S/C13H9BrClFOS/c14-9-5-11(18-7-9)6-10(17)4-8-2-1-3-12(15)13(8)16/h1-3,5,7H,4,6H2. The van der Waals surface area contributed by atoms with Gasteiger partial charge < -0.3 is 0 Å². The van der Waals surface area contributed by atoms with E-state index >= 15 is 0 Å². The van der Waals surface area contributed by atoms with Crippen LogP contribution in [0, 0.1) is 5.82 Å². The lowest BCUT2D eigenvalue weighted by Gasteiger charge is -2.03. The van der Waals surface area contributed by atoms with Crippen molar-refractivity contribution in [3.05, 3.63) is 55.4 Å². The van der Waals surface area contributed by atoms with Crippen LogP contribution in [-0.4, -0.2) is 5.78 Å². The molecule has 94 valence electrons. The summed E-state index contributed by atoms with van der Waals surface area (Å²) < 4.78 is 14.6. The van der Waals surface area contributed by atoms with Crippen molar-refractivity contribution in [1.82, 2.24) is 0 Å². The van der Waals surface area contributed by atoms with E-state index in [1.807, 2.05) is 11.4 Å². The second-order valence-corrected chi connectivity index (χ2v) is 6.16. The van der Waals surface area contributed by atoms with Gasteiger partial charge in [0, 0.05) is 27.6 Å². The van der Waals surface area contributed by atoms with Crippen molar-refractivity contribution in [3.63, 3.8) is 0 Å². The van der Waals surface area contributed by atoms with Crippen molar-refractivity contribution in [2.24, 2.45) is 0 Å². The van der Waals surface area contributed by atoms with Crippen molar-refractivity contribution in [3.8, 4) is 0 Å². The van der Waals surface area contributed by atoms with E-state index in [1.165, 1.54) is 17.4 Å². The molecule has 0 amide bonds. The molecule has 0 saturated heterocycles. The van der Waals surface area contributed by atoms with Gasteiger partial charge in [0.25, 0.3) is 0 Å². The van der Waals surface area contributed by atoms with Crippen LogP contribution in [0.5, 0.6) is 0 Å². The number of ketones is 1. The summed E-state index contributed by atoms with van der Waals surface area (Å²) in [6.45, 7) is 0. The van der Waals surface area contributed by atoms with Gasteiger partial charge in [0.15, 0.2) is 0 Å². The van der Waals surface area contributed by atoms with Crippen LogP contribution in [0.1, 0.15) is 10.4 Å². The highest BCUT2D eigenvalue weighted by atomic mass is 79.9. The van der Waals surface area contributed by atoms with Crippen LogP contribution in [0.2, 0.25) is 5.02 Å². The maximum atomic E-state index is 13.6. The fourth-order valence-electron chi connectivity index (χ4n) is 1.60. The van der Waals surface area contributed by atoms with Gasteiger partial charge in [-0.1, -0.05) is 23.7 Å². The Morgan fingerprint density at radius 3 is 2.83 bits per heavy atom. The summed E-state index contributed by atoms with van der Waals surface area (Å²) in [5.41, 5.74) is 0.350. The molecule has 1 nitrogen and oxygen atoms in total. The van der Waals surface area contributed by atoms with Crippen LogP contribution in [0.15, 0.2) is 34.1 Å². The van der Waals surface area contributed by atoms with E-state index < -0.39 is 5.82 Å². The lowest BCUT2D eigenvalue weighted by molar-refractivity contribution is -0.117. The summed E-state index contributed by atoms with van der Waals surface area (Å²) in [4.78, 5) is 12.8. The van der Waals surface area contributed by atoms with E-state index in [0.29, 0.717) is 12.0 Å². The van der Waals surface area contributed by atoms with Gasteiger partial charge in [-0.2, -0.15) is 0 Å². The number of hydrogen-bond donors (Lipinski definition) is 0. The normalized spacial score (nSPS) is 10.6. The molecule has 0 fully saturated rings. The van der Waals surface area contributed by atoms with Crippen LogP contribution in [0.4, 0.5) is 4.39 Å². The van der Waals surface area contributed by atoms with Gasteiger partial charge in [0.05, 0.1) is 5.02 Å². The van der Waals surface area contributed by atoms with Crippen LogP contribution in [-0.2, 0) is 17.6 Å². The number of benzene rings is 1. The first-order valence-electron chi connectivity index (χ1n) is 5.24. The van der Waals surface area contributed by atoms with E-state index in [2.05, 4.69) is 15.9 Å². The lowest BCUT2D eigenvalue weighted by atomic mass is 10.1. The average Bonchev–Trinajstić information content (AvgIpc) is 2.70. The summed E-state index contributed by atoms with van der Waals surface area (Å²) in [6.07, 6.45) is 0.393. The Balaban J connectivity index is 2.05. The summed E-state index contributed by atoms with van der Waals surface area (Å²) in [6, 6.07) is 6.61. The lowest BCUT2D eigenvalue weighted by Crippen LogP contribution is -2.07. The molecule has 0 saturated carbocycles. The largest absolute Gasteiger partial charge is 0.299 e. The average molecular weight is 348 g/mol. The first-order chi connectivity index (χ1) is 8.56. The number of Topliss-reactive ketones (excluding diaryl/α,β-unsaturated/α-hetero) is 1. The summed E-state index contributed by atoms with van der Waals surface area (Å²) in [5.74, 6) is -0.523. The molecule has 0 bridgehead atoms. The van der Waals surface area contributed by atoms with Gasteiger partial charge in [0.2, 0.25) is 0 Å². The molecule has 0 spiro atoms. The van der Waals surface area contributed by atoms with Crippen molar-refractivity contribution in [2.75, 3.05) is 0 Å². The second-order valence-electron chi connectivity index (χ2n) is 3.84. The molecule has 2 aromatic rings. The number of halogens is 3. The predicted molar refractivity (Wildman–Crippen MR) is 75.8 cm³/mol. The third kappa shape index (κ3) is 3.40. The summed E-state index contributed by atoms with van der Waals surface area (Å²) in [7, 11) is 0. The number of rotatable bonds is 4. The maximum Gasteiger partial charge on any atom is 0.145 e. The highest BCUT2D eigenvalue weighted by Crippen LogP contribution is 2.22. The SMILES string of the molecule is O=C(Cc1cc(Br)cs1)Cc1cccc(Cl)c1F. The van der Waals surface area contributed by atoms with Gasteiger partial charge >= 0.3 is 0 Å². The third-order valence-corrected chi connectivity index (χ3v) is 4.40. The van der Waals surface area contributed by atoms with Crippen molar-refractivity contribution < 1.29 is 9.18 Å². The highest BCUT2D eigenvalue weighted by Gasteiger charge is 2.12. The van der Waals surface area contributed by atoms with Crippen LogP contribution < -0.4 is 0 Å². The van der Waals surface area contributed by atoms with E-state index in [0.717, 1.165) is 9.35 Å². The zero-order valence-electron chi connectivity index (χ0n) is 9.25. The maximum absolute atomic E-state index is 13.6. The Morgan fingerprint density at radius 2 is 2.17 bits per heavy atom. The highest BCUT2D eigenvalue weighted by molar-refractivity contribution is 9.10. The number of carbonyl (C=O) groups excluding carboxylic acids is 1. The molecule has 2 rings (SSSR count). The summed E-state index contributed by atoms with van der Waals surface area (Å²) in [5, 5.41) is 1.97. The summed E-state index contributed by atoms with van der Waals surface area (Å²) >= 11 is 10.5. The molecule has 1 heterocycles. The second kappa shape index (κ2) is 5.95. The van der Waals surface area contributed by atoms with Crippen LogP contribution in [0.25, 0.3) is 0 Å². The van der Waals surface area contributed by atoms with E-state index in [9.17, 15) is 9.18 Å². The molecule has 0 aliphatic carbocycles. The predicted octanol–water partition coefficient (Wildman–Crippen LogP) is 4.66. The fraction of sp³-hybridized carbons (Fsp3) is 0.154. The monoisotopic (exact) mass is 346 g/mol. The molecule has 0 aliphatic rings. The van der Waals surface area contributed by atoms with Crippen molar-refractivity contribution in [2.45, 2.75) is 12.8 Å². The molecule has 1 aromatic heterocycles. The van der Waals surface area contributed by atoms with Gasteiger partial charge in [-0.25, -0.2) is 4.39 Å². The minimum Gasteiger partial charge on any atom is -0.299 e. The molecule has 0 N–H and O–H groups in total. The Bertz CT molecular complexity index is 582. The first kappa shape index (κ1) is 13.7. The molecule has 1 aromatic carbocycles. The quantitative estimate of drug-likeness (QED) is 0.786. The molecular weight excluding hydrogens is 339 g/mol.